The highest BCUT2D eigenvalue weighted by molar-refractivity contribution is 6.41. The minimum Gasteiger partial charge on any atom is -0.381 e. The van der Waals surface area contributed by atoms with Gasteiger partial charge in [-0.15, -0.1) is 0 Å². The molecule has 2 aliphatic rings. The van der Waals surface area contributed by atoms with Gasteiger partial charge >= 0.3 is 0 Å². The second-order valence-corrected chi connectivity index (χ2v) is 4.11. The molecule has 0 unspecified atom stereocenters. The Balaban J connectivity index is 2.12. The largest absolute Gasteiger partial charge is 0.381 e. The van der Waals surface area contributed by atoms with E-state index in [0.717, 1.165) is 25.9 Å². The molecule has 2 N–H and O–H groups in total. The normalized spacial score (nSPS) is 28.1. The number of nitrogens with two attached hydrogens (primary N) is 1. The van der Waals surface area contributed by atoms with Crippen LogP contribution in [0.1, 0.15) is 12.8 Å². The smallest absolute Gasteiger partial charge is 0.205 e. The molecule has 0 atom stereocenters. The molecule has 0 aromatic carbocycles. The third-order valence-corrected chi connectivity index (χ3v) is 3.21. The summed E-state index contributed by atoms with van der Waals surface area (Å²) < 4.78 is 0. The fraction of sp³-hybridized carbons (Fsp3) is 0.778. The van der Waals surface area contributed by atoms with Gasteiger partial charge < -0.3 is 10.6 Å². The van der Waals surface area contributed by atoms with Crippen molar-refractivity contribution in [2.75, 3.05) is 26.7 Å². The molecule has 2 aliphatic heterocycles. The number of rotatable bonds is 0. The van der Waals surface area contributed by atoms with Crippen LogP contribution < -0.4 is 5.73 Å². The quantitative estimate of drug-likeness (QED) is 0.555. The van der Waals surface area contributed by atoms with Gasteiger partial charge in [-0.1, -0.05) is 0 Å². The number of hydrogen-bond acceptors (Lipinski definition) is 4. The Labute approximate surface area is 77.8 Å². The number of carbonyl (C=O) groups excluding carboxylic acids is 1. The van der Waals surface area contributed by atoms with E-state index < -0.39 is 0 Å². The number of amidine groups is 1. The van der Waals surface area contributed by atoms with Gasteiger partial charge in [-0.2, -0.15) is 0 Å². The minimum absolute atomic E-state index is 0.0839. The van der Waals surface area contributed by atoms with Crippen LogP contribution in [0.4, 0.5) is 0 Å². The number of nitrogens with zero attached hydrogens (tertiary/aromatic N) is 2. The van der Waals surface area contributed by atoms with Gasteiger partial charge in [0.15, 0.2) is 5.84 Å². The molecule has 0 aromatic heterocycles. The maximum absolute atomic E-state index is 11.7. The van der Waals surface area contributed by atoms with Crippen LogP contribution in [0.3, 0.4) is 0 Å². The molecule has 1 fully saturated rings. The summed E-state index contributed by atoms with van der Waals surface area (Å²) in [5.41, 5.74) is 5.28. The van der Waals surface area contributed by atoms with Crippen molar-refractivity contribution in [2.45, 2.75) is 12.8 Å². The first-order chi connectivity index (χ1) is 6.14. The molecular formula is C9H15N3O. The lowest BCUT2D eigenvalue weighted by molar-refractivity contribution is -0.122. The van der Waals surface area contributed by atoms with E-state index in [9.17, 15) is 4.79 Å². The number of carbonyl (C=O) groups is 1. The van der Waals surface area contributed by atoms with Gasteiger partial charge in [-0.05, 0) is 33.0 Å². The summed E-state index contributed by atoms with van der Waals surface area (Å²) >= 11 is 0. The van der Waals surface area contributed by atoms with Crippen LogP contribution in [-0.2, 0) is 4.79 Å². The molecule has 13 heavy (non-hydrogen) atoms. The third kappa shape index (κ3) is 1.25. The van der Waals surface area contributed by atoms with Crippen molar-refractivity contribution in [3.63, 3.8) is 0 Å². The van der Waals surface area contributed by atoms with Crippen LogP contribution in [0.2, 0.25) is 0 Å². The molecule has 1 spiro atoms. The Hall–Kier alpha value is -0.900. The number of Topliss-reactive ketones (excluding diaryl/α,β-unsaturated/α-hetero) is 1. The molecule has 0 bridgehead atoms. The molecule has 2 heterocycles. The van der Waals surface area contributed by atoms with E-state index in [1.54, 1.807) is 0 Å². The van der Waals surface area contributed by atoms with E-state index in [1.165, 1.54) is 0 Å². The maximum atomic E-state index is 11.7. The first-order valence-electron chi connectivity index (χ1n) is 4.67. The highest BCUT2D eigenvalue weighted by atomic mass is 16.1. The van der Waals surface area contributed by atoms with Crippen molar-refractivity contribution < 1.29 is 4.79 Å². The Morgan fingerprint density at radius 2 is 2.08 bits per heavy atom. The van der Waals surface area contributed by atoms with Crippen molar-refractivity contribution in [1.29, 1.82) is 0 Å². The Kier molecular flexibility index (Phi) is 1.87. The SMILES string of the molecule is CN1CCC2(CC1)CN=C(N)C2=O. The van der Waals surface area contributed by atoms with Crippen LogP contribution in [0, 0.1) is 5.41 Å². The molecule has 72 valence electrons. The molecule has 0 saturated carbocycles. The summed E-state index contributed by atoms with van der Waals surface area (Å²) in [6.07, 6.45) is 1.82. The summed E-state index contributed by atoms with van der Waals surface area (Å²) in [6, 6.07) is 0. The molecule has 1 saturated heterocycles. The van der Waals surface area contributed by atoms with Crippen LogP contribution in [0.25, 0.3) is 0 Å². The minimum atomic E-state index is -0.226. The zero-order chi connectivity index (χ0) is 9.47. The summed E-state index contributed by atoms with van der Waals surface area (Å²) in [4.78, 5) is 18.0. The molecular weight excluding hydrogens is 166 g/mol. The van der Waals surface area contributed by atoms with Crippen LogP contribution in [0.15, 0.2) is 4.99 Å². The van der Waals surface area contributed by atoms with E-state index in [2.05, 4.69) is 16.9 Å². The average Bonchev–Trinajstić information content (AvgIpc) is 2.40. The predicted octanol–water partition coefficient (Wildman–Crippen LogP) is -0.362. The third-order valence-electron chi connectivity index (χ3n) is 3.21. The topological polar surface area (TPSA) is 58.7 Å². The lowest BCUT2D eigenvalue weighted by atomic mass is 9.76. The summed E-state index contributed by atoms with van der Waals surface area (Å²) in [7, 11) is 2.08. The Morgan fingerprint density at radius 3 is 2.54 bits per heavy atom. The second kappa shape index (κ2) is 2.80. The van der Waals surface area contributed by atoms with Gasteiger partial charge in [-0.25, -0.2) is 0 Å². The fourth-order valence-corrected chi connectivity index (χ4v) is 2.08. The standard InChI is InChI=1S/C9H15N3O/c1-12-4-2-9(3-5-12)6-11-8(10)7(9)13/h2-6H2,1H3,(H2,10,11). The first-order valence-corrected chi connectivity index (χ1v) is 4.67. The van der Waals surface area contributed by atoms with Gasteiger partial charge in [-0.3, -0.25) is 9.79 Å². The zero-order valence-electron chi connectivity index (χ0n) is 7.92. The van der Waals surface area contributed by atoms with E-state index in [4.69, 9.17) is 5.73 Å². The number of piperidine rings is 1. The van der Waals surface area contributed by atoms with Crippen molar-refractivity contribution >= 4 is 11.6 Å². The van der Waals surface area contributed by atoms with E-state index >= 15 is 0 Å². The van der Waals surface area contributed by atoms with E-state index in [-0.39, 0.29) is 17.0 Å². The van der Waals surface area contributed by atoms with E-state index in [1.807, 2.05) is 0 Å². The highest BCUT2D eigenvalue weighted by Gasteiger charge is 2.45. The van der Waals surface area contributed by atoms with Gasteiger partial charge in [0.05, 0.1) is 12.0 Å². The second-order valence-electron chi connectivity index (χ2n) is 4.11. The molecule has 4 nitrogen and oxygen atoms in total. The summed E-state index contributed by atoms with van der Waals surface area (Å²) in [5.74, 6) is 0.324. The fourth-order valence-electron chi connectivity index (χ4n) is 2.08. The average molecular weight is 181 g/mol. The van der Waals surface area contributed by atoms with Gasteiger partial charge in [0.25, 0.3) is 0 Å². The Morgan fingerprint density at radius 1 is 1.46 bits per heavy atom. The molecule has 2 rings (SSSR count). The molecule has 0 aliphatic carbocycles. The summed E-state index contributed by atoms with van der Waals surface area (Å²) in [6.45, 7) is 2.58. The number of ketones is 1. The van der Waals surface area contributed by atoms with Crippen LogP contribution >= 0.6 is 0 Å². The van der Waals surface area contributed by atoms with Crippen LogP contribution in [0.5, 0.6) is 0 Å². The predicted molar refractivity (Wildman–Crippen MR) is 50.7 cm³/mol. The lowest BCUT2D eigenvalue weighted by Gasteiger charge is -2.35. The van der Waals surface area contributed by atoms with Crippen LogP contribution in [-0.4, -0.2) is 43.2 Å². The molecule has 0 amide bonds. The van der Waals surface area contributed by atoms with Crippen molar-refractivity contribution in [3.8, 4) is 0 Å². The monoisotopic (exact) mass is 181 g/mol. The van der Waals surface area contributed by atoms with Gasteiger partial charge in [0, 0.05) is 0 Å². The molecule has 0 radical (unpaired) electrons. The molecule has 0 aromatic rings. The van der Waals surface area contributed by atoms with Crippen molar-refractivity contribution in [1.82, 2.24) is 4.90 Å². The highest BCUT2D eigenvalue weighted by Crippen LogP contribution is 2.35. The number of aliphatic imine (C=N–C) groups is 1. The number of likely N-dealkylation sites (tertiary alicyclic amines) is 1. The van der Waals surface area contributed by atoms with Crippen molar-refractivity contribution in [3.05, 3.63) is 0 Å². The zero-order valence-corrected chi connectivity index (χ0v) is 7.92. The van der Waals surface area contributed by atoms with E-state index in [0.29, 0.717) is 6.54 Å². The maximum Gasteiger partial charge on any atom is 0.205 e. The molecule has 4 heteroatoms. The van der Waals surface area contributed by atoms with Gasteiger partial charge in [0.1, 0.15) is 0 Å². The lowest BCUT2D eigenvalue weighted by Crippen LogP contribution is -2.45. The van der Waals surface area contributed by atoms with Crippen molar-refractivity contribution in [2.24, 2.45) is 16.1 Å². The summed E-state index contributed by atoms with van der Waals surface area (Å²) in [5, 5.41) is 0. The first kappa shape index (κ1) is 8.69. The van der Waals surface area contributed by atoms with Gasteiger partial charge in [0.2, 0.25) is 5.78 Å². The Bertz CT molecular complexity index is 264. The number of hydrogen-bond donors (Lipinski definition) is 1.